The number of carbonyl (C=O) groups excluding carboxylic acids is 2. The molecule has 0 saturated carbocycles. The van der Waals surface area contributed by atoms with Gasteiger partial charge in [0.1, 0.15) is 6.42 Å². The first kappa shape index (κ1) is 15.7. The molecule has 1 aromatic carbocycles. The Balaban J connectivity index is 2.40. The summed E-state index contributed by atoms with van der Waals surface area (Å²) in [6.45, 7) is 2.83. The molecule has 0 atom stereocenters. The van der Waals surface area contributed by atoms with Crippen LogP contribution in [0.4, 0.5) is 0 Å². The number of carbonyl (C=O) groups is 2. The number of likely N-dealkylation sites (N-methyl/N-ethyl adjacent to an activating group) is 1. The van der Waals surface area contributed by atoms with Gasteiger partial charge in [-0.25, -0.2) is 0 Å². The molecule has 19 heavy (non-hydrogen) atoms. The molecule has 0 unspecified atom stereocenters. The molecule has 104 valence electrons. The van der Waals surface area contributed by atoms with Gasteiger partial charge >= 0.3 is 5.97 Å². The van der Waals surface area contributed by atoms with Gasteiger partial charge in [-0.05, 0) is 31.7 Å². The number of esters is 1. The zero-order chi connectivity index (χ0) is 14.3. The molecule has 0 amide bonds. The standard InChI is InChI=1S/C14H18ClNO3/c1-3-19-14(18)8-13(17)10-16(2)9-11-5-4-6-12(15)7-11/h4-7H,3,8-10H2,1-2H3. The van der Waals surface area contributed by atoms with Gasteiger partial charge in [0.25, 0.3) is 0 Å². The molecule has 0 aliphatic rings. The first-order chi connectivity index (χ1) is 9.01. The van der Waals surface area contributed by atoms with Crippen molar-refractivity contribution in [3.05, 3.63) is 34.9 Å². The predicted octanol–water partition coefficient (Wildman–Crippen LogP) is 2.29. The highest BCUT2D eigenvalue weighted by Crippen LogP contribution is 2.12. The Bertz CT molecular complexity index is 448. The quantitative estimate of drug-likeness (QED) is 0.569. The summed E-state index contributed by atoms with van der Waals surface area (Å²) in [5.74, 6) is -0.619. The van der Waals surface area contributed by atoms with E-state index in [0.717, 1.165) is 5.56 Å². The lowest BCUT2D eigenvalue weighted by Gasteiger charge is -2.15. The van der Waals surface area contributed by atoms with Crippen LogP contribution < -0.4 is 0 Å². The van der Waals surface area contributed by atoms with Crippen molar-refractivity contribution in [2.75, 3.05) is 20.2 Å². The van der Waals surface area contributed by atoms with Crippen LogP contribution in [-0.4, -0.2) is 36.9 Å². The summed E-state index contributed by atoms with van der Waals surface area (Å²) in [5, 5.41) is 0.670. The number of Topliss-reactive ketones (excluding diaryl/α,β-unsaturated/α-hetero) is 1. The molecule has 0 aromatic heterocycles. The van der Waals surface area contributed by atoms with E-state index in [4.69, 9.17) is 16.3 Å². The van der Waals surface area contributed by atoms with E-state index in [1.165, 1.54) is 0 Å². The van der Waals surface area contributed by atoms with Crippen molar-refractivity contribution in [1.82, 2.24) is 4.90 Å². The van der Waals surface area contributed by atoms with Crippen molar-refractivity contribution in [3.8, 4) is 0 Å². The predicted molar refractivity (Wildman–Crippen MR) is 74.0 cm³/mol. The molecule has 0 aliphatic heterocycles. The number of ether oxygens (including phenoxy) is 1. The number of halogens is 1. The lowest BCUT2D eigenvalue weighted by molar-refractivity contribution is -0.145. The second-order valence-electron chi connectivity index (χ2n) is 4.32. The lowest BCUT2D eigenvalue weighted by atomic mass is 10.2. The van der Waals surface area contributed by atoms with Gasteiger partial charge in [0.15, 0.2) is 5.78 Å². The molecule has 5 heteroatoms. The maximum Gasteiger partial charge on any atom is 0.313 e. The summed E-state index contributed by atoms with van der Waals surface area (Å²) in [7, 11) is 1.82. The van der Waals surface area contributed by atoms with Gasteiger partial charge in [0, 0.05) is 11.6 Å². The second-order valence-corrected chi connectivity index (χ2v) is 4.76. The summed E-state index contributed by atoms with van der Waals surface area (Å²) in [6.07, 6.45) is -0.173. The topological polar surface area (TPSA) is 46.6 Å². The summed E-state index contributed by atoms with van der Waals surface area (Å²) < 4.78 is 4.73. The Kier molecular flexibility index (Phi) is 6.53. The zero-order valence-corrected chi connectivity index (χ0v) is 11.9. The zero-order valence-electron chi connectivity index (χ0n) is 11.2. The third-order valence-corrected chi connectivity index (χ3v) is 2.67. The molecule has 0 saturated heterocycles. The Morgan fingerprint density at radius 1 is 1.37 bits per heavy atom. The summed E-state index contributed by atoms with van der Waals surface area (Å²) in [5.41, 5.74) is 1.03. The van der Waals surface area contributed by atoms with Crippen molar-refractivity contribution in [3.63, 3.8) is 0 Å². The molecule has 1 rings (SSSR count). The molecule has 0 radical (unpaired) electrons. The highest BCUT2D eigenvalue weighted by molar-refractivity contribution is 6.30. The van der Waals surface area contributed by atoms with E-state index in [1.54, 1.807) is 13.0 Å². The van der Waals surface area contributed by atoms with E-state index in [2.05, 4.69) is 0 Å². The number of hydrogen-bond donors (Lipinski definition) is 0. The molecule has 0 aliphatic carbocycles. The van der Waals surface area contributed by atoms with Crippen molar-refractivity contribution in [2.45, 2.75) is 19.9 Å². The van der Waals surface area contributed by atoms with Crippen LogP contribution in [-0.2, 0) is 20.9 Å². The van der Waals surface area contributed by atoms with Crippen LogP contribution in [0.1, 0.15) is 18.9 Å². The number of rotatable bonds is 7. The smallest absolute Gasteiger partial charge is 0.313 e. The fraction of sp³-hybridized carbons (Fsp3) is 0.429. The molecular formula is C14H18ClNO3. The Labute approximate surface area is 118 Å². The van der Waals surface area contributed by atoms with Gasteiger partial charge < -0.3 is 4.74 Å². The Morgan fingerprint density at radius 2 is 2.11 bits per heavy atom. The minimum Gasteiger partial charge on any atom is -0.466 e. The Morgan fingerprint density at radius 3 is 2.74 bits per heavy atom. The van der Waals surface area contributed by atoms with E-state index < -0.39 is 5.97 Å². The van der Waals surface area contributed by atoms with Crippen molar-refractivity contribution in [1.29, 1.82) is 0 Å². The highest BCUT2D eigenvalue weighted by atomic mass is 35.5. The monoisotopic (exact) mass is 283 g/mol. The molecular weight excluding hydrogens is 266 g/mol. The number of hydrogen-bond acceptors (Lipinski definition) is 4. The van der Waals surface area contributed by atoms with Gasteiger partial charge in [-0.15, -0.1) is 0 Å². The van der Waals surface area contributed by atoms with Crippen LogP contribution in [0.25, 0.3) is 0 Å². The van der Waals surface area contributed by atoms with E-state index in [1.807, 2.05) is 30.1 Å². The third-order valence-electron chi connectivity index (χ3n) is 2.43. The van der Waals surface area contributed by atoms with E-state index in [9.17, 15) is 9.59 Å². The lowest BCUT2D eigenvalue weighted by Crippen LogP contribution is -2.27. The van der Waals surface area contributed by atoms with Gasteiger partial charge in [0.2, 0.25) is 0 Å². The maximum absolute atomic E-state index is 11.6. The number of benzene rings is 1. The summed E-state index contributed by atoms with van der Waals surface area (Å²) >= 11 is 5.89. The van der Waals surface area contributed by atoms with Gasteiger partial charge in [-0.2, -0.15) is 0 Å². The summed E-state index contributed by atoms with van der Waals surface area (Å²) in [4.78, 5) is 24.6. The van der Waals surface area contributed by atoms with E-state index >= 15 is 0 Å². The van der Waals surface area contributed by atoms with E-state index in [-0.39, 0.29) is 18.7 Å². The molecule has 0 spiro atoms. The Hall–Kier alpha value is -1.39. The van der Waals surface area contributed by atoms with Crippen molar-refractivity contribution >= 4 is 23.4 Å². The molecule has 4 nitrogen and oxygen atoms in total. The molecule has 0 heterocycles. The van der Waals surface area contributed by atoms with Crippen LogP contribution in [0.3, 0.4) is 0 Å². The number of ketones is 1. The highest BCUT2D eigenvalue weighted by Gasteiger charge is 2.12. The van der Waals surface area contributed by atoms with Gasteiger partial charge in [0.05, 0.1) is 13.2 Å². The van der Waals surface area contributed by atoms with Crippen molar-refractivity contribution < 1.29 is 14.3 Å². The average molecular weight is 284 g/mol. The normalized spacial score (nSPS) is 10.5. The fourth-order valence-corrected chi connectivity index (χ4v) is 1.95. The van der Waals surface area contributed by atoms with Gasteiger partial charge in [-0.3, -0.25) is 14.5 Å². The SMILES string of the molecule is CCOC(=O)CC(=O)CN(C)Cc1cccc(Cl)c1. The first-order valence-electron chi connectivity index (χ1n) is 6.11. The maximum atomic E-state index is 11.6. The molecule has 0 bridgehead atoms. The average Bonchev–Trinajstić information content (AvgIpc) is 2.28. The van der Waals surface area contributed by atoms with Crippen LogP contribution >= 0.6 is 11.6 Å². The largest absolute Gasteiger partial charge is 0.466 e. The fourth-order valence-electron chi connectivity index (χ4n) is 1.73. The molecule has 0 N–H and O–H groups in total. The van der Waals surface area contributed by atoms with Crippen LogP contribution in [0.15, 0.2) is 24.3 Å². The minimum atomic E-state index is -0.469. The minimum absolute atomic E-state index is 0.150. The van der Waals surface area contributed by atoms with Crippen molar-refractivity contribution in [2.24, 2.45) is 0 Å². The first-order valence-corrected chi connectivity index (χ1v) is 6.49. The molecule has 0 fully saturated rings. The second kappa shape index (κ2) is 7.92. The summed E-state index contributed by atoms with van der Waals surface area (Å²) in [6, 6.07) is 7.47. The van der Waals surface area contributed by atoms with Crippen LogP contribution in [0.2, 0.25) is 5.02 Å². The van der Waals surface area contributed by atoms with Gasteiger partial charge in [-0.1, -0.05) is 23.7 Å². The van der Waals surface area contributed by atoms with Crippen LogP contribution in [0.5, 0.6) is 0 Å². The van der Waals surface area contributed by atoms with E-state index in [0.29, 0.717) is 18.2 Å². The van der Waals surface area contributed by atoms with Crippen LogP contribution in [0, 0.1) is 0 Å². The molecule has 1 aromatic rings. The number of nitrogens with zero attached hydrogens (tertiary/aromatic N) is 1. The third kappa shape index (κ3) is 6.36.